The standard InChI is InChI=1S/C16H15NO2/c1-3-12-5-4-6-14(9-12)17-11-13-10-15(19-2)7-8-16(13)18/h1,4-10,17-18H,11H2,2H3. The Hall–Kier alpha value is -2.60. The molecule has 0 bridgehead atoms. The number of methoxy groups -OCH3 is 1. The Kier molecular flexibility index (Phi) is 3.94. The number of phenolic OH excluding ortho intramolecular Hbond substituents is 1. The van der Waals surface area contributed by atoms with Crippen molar-refractivity contribution in [2.75, 3.05) is 12.4 Å². The Morgan fingerprint density at radius 1 is 1.26 bits per heavy atom. The molecule has 2 aromatic carbocycles. The first-order valence-corrected chi connectivity index (χ1v) is 5.89. The summed E-state index contributed by atoms with van der Waals surface area (Å²) in [6, 6.07) is 12.7. The normalized spacial score (nSPS) is 9.68. The van der Waals surface area contributed by atoms with Crippen LogP contribution in [0.25, 0.3) is 0 Å². The molecule has 0 aliphatic rings. The number of phenols is 1. The maximum Gasteiger partial charge on any atom is 0.120 e. The third-order valence-corrected chi connectivity index (χ3v) is 2.80. The lowest BCUT2D eigenvalue weighted by Crippen LogP contribution is -2.00. The van der Waals surface area contributed by atoms with Crippen LogP contribution >= 0.6 is 0 Å². The van der Waals surface area contributed by atoms with Crippen molar-refractivity contribution in [1.82, 2.24) is 0 Å². The molecule has 3 nitrogen and oxygen atoms in total. The first-order valence-electron chi connectivity index (χ1n) is 5.89. The molecule has 0 spiro atoms. The van der Waals surface area contributed by atoms with Crippen LogP contribution in [0.3, 0.4) is 0 Å². The number of ether oxygens (including phenoxy) is 1. The molecule has 2 rings (SSSR count). The first-order chi connectivity index (χ1) is 9.22. The largest absolute Gasteiger partial charge is 0.508 e. The van der Waals surface area contributed by atoms with Crippen LogP contribution in [0.1, 0.15) is 11.1 Å². The van der Waals surface area contributed by atoms with Crippen LogP contribution in [0.5, 0.6) is 11.5 Å². The van der Waals surface area contributed by atoms with Crippen molar-refractivity contribution in [3.63, 3.8) is 0 Å². The molecular formula is C16H15NO2. The van der Waals surface area contributed by atoms with Crippen LogP contribution in [0, 0.1) is 12.3 Å². The molecule has 0 heterocycles. The number of aromatic hydroxyl groups is 1. The van der Waals surface area contributed by atoms with E-state index < -0.39 is 0 Å². The van der Waals surface area contributed by atoms with E-state index in [1.165, 1.54) is 0 Å². The van der Waals surface area contributed by atoms with E-state index >= 15 is 0 Å². The molecule has 0 aromatic heterocycles. The highest BCUT2D eigenvalue weighted by atomic mass is 16.5. The lowest BCUT2D eigenvalue weighted by Gasteiger charge is -2.10. The van der Waals surface area contributed by atoms with Gasteiger partial charge in [-0.05, 0) is 36.4 Å². The zero-order chi connectivity index (χ0) is 13.7. The summed E-state index contributed by atoms with van der Waals surface area (Å²) in [4.78, 5) is 0. The predicted molar refractivity (Wildman–Crippen MR) is 76.4 cm³/mol. The van der Waals surface area contributed by atoms with Crippen LogP contribution in [-0.4, -0.2) is 12.2 Å². The minimum Gasteiger partial charge on any atom is -0.508 e. The number of hydrogen-bond acceptors (Lipinski definition) is 3. The van der Waals surface area contributed by atoms with Crippen LogP contribution in [0.2, 0.25) is 0 Å². The van der Waals surface area contributed by atoms with Crippen molar-refractivity contribution < 1.29 is 9.84 Å². The molecule has 0 aliphatic carbocycles. The minimum absolute atomic E-state index is 0.237. The van der Waals surface area contributed by atoms with Crippen LogP contribution in [0.15, 0.2) is 42.5 Å². The van der Waals surface area contributed by atoms with Gasteiger partial charge in [0.05, 0.1) is 7.11 Å². The molecule has 0 atom stereocenters. The number of rotatable bonds is 4. The van der Waals surface area contributed by atoms with E-state index in [0.717, 1.165) is 16.8 Å². The Bertz CT molecular complexity index is 614. The van der Waals surface area contributed by atoms with Gasteiger partial charge in [-0.1, -0.05) is 12.0 Å². The molecule has 0 amide bonds. The SMILES string of the molecule is C#Cc1cccc(NCc2cc(OC)ccc2O)c1. The van der Waals surface area contributed by atoms with Crippen LogP contribution in [-0.2, 0) is 6.54 Å². The number of terminal acetylenes is 1. The van der Waals surface area contributed by atoms with Crippen molar-refractivity contribution in [2.45, 2.75) is 6.54 Å². The fraction of sp³-hybridized carbons (Fsp3) is 0.125. The van der Waals surface area contributed by atoms with E-state index in [1.807, 2.05) is 24.3 Å². The minimum atomic E-state index is 0.237. The molecule has 96 valence electrons. The fourth-order valence-electron chi connectivity index (χ4n) is 1.75. The molecule has 2 aromatic rings. The lowest BCUT2D eigenvalue weighted by atomic mass is 10.1. The summed E-state index contributed by atoms with van der Waals surface area (Å²) in [6.45, 7) is 0.497. The second-order valence-electron chi connectivity index (χ2n) is 4.07. The molecule has 0 aliphatic heterocycles. The van der Waals surface area contributed by atoms with Crippen molar-refractivity contribution in [3.8, 4) is 23.8 Å². The van der Waals surface area contributed by atoms with Gasteiger partial charge in [0.15, 0.2) is 0 Å². The van der Waals surface area contributed by atoms with E-state index in [9.17, 15) is 5.11 Å². The molecule has 3 heteroatoms. The Balaban J connectivity index is 2.12. The molecular weight excluding hydrogens is 238 g/mol. The summed E-state index contributed by atoms with van der Waals surface area (Å²) >= 11 is 0. The van der Waals surface area contributed by atoms with Gasteiger partial charge in [0.25, 0.3) is 0 Å². The zero-order valence-corrected chi connectivity index (χ0v) is 10.7. The second kappa shape index (κ2) is 5.83. The topological polar surface area (TPSA) is 41.5 Å². The van der Waals surface area contributed by atoms with Gasteiger partial charge in [0.1, 0.15) is 11.5 Å². The van der Waals surface area contributed by atoms with Gasteiger partial charge in [-0.25, -0.2) is 0 Å². The van der Waals surface area contributed by atoms with Crippen molar-refractivity contribution in [1.29, 1.82) is 0 Å². The highest BCUT2D eigenvalue weighted by molar-refractivity contribution is 5.51. The third-order valence-electron chi connectivity index (χ3n) is 2.80. The third kappa shape index (κ3) is 3.20. The fourth-order valence-corrected chi connectivity index (χ4v) is 1.75. The van der Waals surface area contributed by atoms with E-state index in [0.29, 0.717) is 12.3 Å². The molecule has 0 saturated heterocycles. The molecule has 0 radical (unpaired) electrons. The Morgan fingerprint density at radius 2 is 2.11 bits per heavy atom. The van der Waals surface area contributed by atoms with Crippen molar-refractivity contribution in [2.24, 2.45) is 0 Å². The van der Waals surface area contributed by atoms with Gasteiger partial charge in [0, 0.05) is 23.4 Å². The quantitative estimate of drug-likeness (QED) is 0.823. The van der Waals surface area contributed by atoms with E-state index in [2.05, 4.69) is 11.2 Å². The molecule has 19 heavy (non-hydrogen) atoms. The maximum atomic E-state index is 9.78. The zero-order valence-electron chi connectivity index (χ0n) is 10.7. The lowest BCUT2D eigenvalue weighted by molar-refractivity contribution is 0.411. The number of hydrogen-bond donors (Lipinski definition) is 2. The Labute approximate surface area is 112 Å². The first kappa shape index (κ1) is 12.8. The smallest absolute Gasteiger partial charge is 0.120 e. The average molecular weight is 253 g/mol. The highest BCUT2D eigenvalue weighted by Gasteiger charge is 2.03. The van der Waals surface area contributed by atoms with Gasteiger partial charge < -0.3 is 15.2 Å². The maximum absolute atomic E-state index is 9.78. The highest BCUT2D eigenvalue weighted by Crippen LogP contribution is 2.23. The summed E-state index contributed by atoms with van der Waals surface area (Å²) in [6.07, 6.45) is 5.35. The average Bonchev–Trinajstić information content (AvgIpc) is 2.46. The summed E-state index contributed by atoms with van der Waals surface area (Å²) in [5.74, 6) is 3.54. The summed E-state index contributed by atoms with van der Waals surface area (Å²) in [5, 5.41) is 13.0. The van der Waals surface area contributed by atoms with Crippen LogP contribution < -0.4 is 10.1 Å². The summed E-state index contributed by atoms with van der Waals surface area (Å²) in [7, 11) is 1.60. The summed E-state index contributed by atoms with van der Waals surface area (Å²) < 4.78 is 5.13. The van der Waals surface area contributed by atoms with Crippen molar-refractivity contribution in [3.05, 3.63) is 53.6 Å². The number of anilines is 1. The van der Waals surface area contributed by atoms with Gasteiger partial charge in [0.2, 0.25) is 0 Å². The molecule has 0 saturated carbocycles. The van der Waals surface area contributed by atoms with E-state index in [-0.39, 0.29) is 5.75 Å². The van der Waals surface area contributed by atoms with Gasteiger partial charge in [-0.2, -0.15) is 0 Å². The Morgan fingerprint density at radius 3 is 2.84 bits per heavy atom. The van der Waals surface area contributed by atoms with E-state index in [1.54, 1.807) is 25.3 Å². The predicted octanol–water partition coefficient (Wildman–Crippen LogP) is 2.99. The molecule has 0 fully saturated rings. The van der Waals surface area contributed by atoms with Crippen molar-refractivity contribution >= 4 is 5.69 Å². The van der Waals surface area contributed by atoms with Gasteiger partial charge >= 0.3 is 0 Å². The number of nitrogens with one attached hydrogen (secondary N) is 1. The summed E-state index contributed by atoms with van der Waals surface area (Å²) in [5.41, 5.74) is 2.50. The van der Waals surface area contributed by atoms with Crippen LogP contribution in [0.4, 0.5) is 5.69 Å². The van der Waals surface area contributed by atoms with Gasteiger partial charge in [-0.15, -0.1) is 6.42 Å². The van der Waals surface area contributed by atoms with E-state index in [4.69, 9.17) is 11.2 Å². The van der Waals surface area contributed by atoms with Gasteiger partial charge in [-0.3, -0.25) is 0 Å². The second-order valence-corrected chi connectivity index (χ2v) is 4.07. The molecule has 0 unspecified atom stereocenters. The number of benzene rings is 2. The monoisotopic (exact) mass is 253 g/mol. The molecule has 2 N–H and O–H groups in total.